The number of carboxylic acid groups (broad SMARTS) is 1. The molecule has 0 spiro atoms. The number of hydrogen-bond donors (Lipinski definition) is 3. The van der Waals surface area contributed by atoms with Crippen molar-refractivity contribution in [3.63, 3.8) is 0 Å². The van der Waals surface area contributed by atoms with Crippen molar-refractivity contribution in [2.75, 3.05) is 6.54 Å². The first-order chi connectivity index (χ1) is 15.7. The Kier molecular flexibility index (Phi) is 7.36. The van der Waals surface area contributed by atoms with Crippen LogP contribution < -0.4 is 10.6 Å². The van der Waals surface area contributed by atoms with Crippen LogP contribution >= 0.6 is 0 Å². The number of carbonyl (C=O) groups is 6. The fourth-order valence-electron chi connectivity index (χ4n) is 3.88. The summed E-state index contributed by atoms with van der Waals surface area (Å²) in [5.41, 5.74) is -0.00865. The molecular formula is C21H23FN4O7. The van der Waals surface area contributed by atoms with Crippen LogP contribution in [0.4, 0.5) is 4.39 Å². The summed E-state index contributed by atoms with van der Waals surface area (Å²) in [6.07, 6.45) is 0.134. The second-order valence-electron chi connectivity index (χ2n) is 7.78. The minimum absolute atomic E-state index is 0.00865. The third-order valence-electron chi connectivity index (χ3n) is 5.44. The Balaban J connectivity index is 1.81. The van der Waals surface area contributed by atoms with Gasteiger partial charge < -0.3 is 20.5 Å². The van der Waals surface area contributed by atoms with Gasteiger partial charge in [0.2, 0.25) is 11.8 Å². The van der Waals surface area contributed by atoms with Gasteiger partial charge in [-0.15, -0.1) is 0 Å². The van der Waals surface area contributed by atoms with E-state index in [1.165, 1.54) is 12.1 Å². The van der Waals surface area contributed by atoms with Crippen LogP contribution in [0, 0.1) is 5.82 Å². The minimum Gasteiger partial charge on any atom is -0.481 e. The molecular weight excluding hydrogens is 439 g/mol. The lowest BCUT2D eigenvalue weighted by molar-refractivity contribution is -0.176. The topological polar surface area (TPSA) is 153 Å². The maximum absolute atomic E-state index is 13.5. The number of benzene rings is 1. The van der Waals surface area contributed by atoms with Crippen LogP contribution in [0.1, 0.15) is 42.5 Å². The summed E-state index contributed by atoms with van der Waals surface area (Å²) in [4.78, 5) is 73.4. The molecule has 0 saturated carbocycles. The van der Waals surface area contributed by atoms with Crippen molar-refractivity contribution in [1.29, 1.82) is 0 Å². The maximum atomic E-state index is 13.5. The molecule has 3 unspecified atom stereocenters. The molecule has 3 N–H and O–H groups in total. The molecule has 3 atom stereocenters. The van der Waals surface area contributed by atoms with Crippen LogP contribution in [0.5, 0.6) is 0 Å². The predicted molar refractivity (Wildman–Crippen MR) is 109 cm³/mol. The Morgan fingerprint density at radius 2 is 2.00 bits per heavy atom. The summed E-state index contributed by atoms with van der Waals surface area (Å²) in [5.74, 6) is -4.54. The zero-order valence-electron chi connectivity index (χ0n) is 17.5. The van der Waals surface area contributed by atoms with Crippen molar-refractivity contribution in [3.05, 3.63) is 35.6 Å². The maximum Gasteiger partial charge on any atom is 0.305 e. The number of carboxylic acids is 1. The molecule has 0 aliphatic carbocycles. The largest absolute Gasteiger partial charge is 0.481 e. The summed E-state index contributed by atoms with van der Waals surface area (Å²) in [7, 11) is 0. The minimum atomic E-state index is -1.30. The highest BCUT2D eigenvalue weighted by Gasteiger charge is 2.44. The molecule has 0 radical (unpaired) electrons. The summed E-state index contributed by atoms with van der Waals surface area (Å²) in [5, 5.41) is 15.8. The van der Waals surface area contributed by atoms with Crippen LogP contribution in [0.2, 0.25) is 0 Å². The van der Waals surface area contributed by atoms with Gasteiger partial charge in [0.15, 0.2) is 0 Å². The van der Waals surface area contributed by atoms with Gasteiger partial charge in [-0.25, -0.2) is 9.40 Å². The van der Waals surface area contributed by atoms with Crippen LogP contribution in [0.3, 0.4) is 0 Å². The molecule has 4 amide bonds. The van der Waals surface area contributed by atoms with E-state index in [0.29, 0.717) is 6.42 Å². The van der Waals surface area contributed by atoms with Gasteiger partial charge >= 0.3 is 5.97 Å². The van der Waals surface area contributed by atoms with E-state index in [1.54, 1.807) is 0 Å². The number of aliphatic carboxylic acids is 1. The third kappa shape index (κ3) is 5.51. The monoisotopic (exact) mass is 462 g/mol. The molecule has 2 fully saturated rings. The van der Waals surface area contributed by atoms with Crippen molar-refractivity contribution < 1.29 is 38.3 Å². The third-order valence-corrected chi connectivity index (χ3v) is 5.44. The van der Waals surface area contributed by atoms with Gasteiger partial charge in [-0.1, -0.05) is 6.07 Å². The second-order valence-corrected chi connectivity index (χ2v) is 7.78. The lowest BCUT2D eigenvalue weighted by Gasteiger charge is -2.43. The molecule has 0 aromatic heterocycles. The number of fused-ring (bicyclic) bond motifs is 1. The molecule has 2 heterocycles. The smallest absolute Gasteiger partial charge is 0.305 e. The molecule has 1 aromatic rings. The number of aldehydes is 1. The van der Waals surface area contributed by atoms with E-state index in [1.807, 2.05) is 0 Å². The first kappa shape index (κ1) is 23.8. The van der Waals surface area contributed by atoms with Gasteiger partial charge in [-0.05, 0) is 37.5 Å². The normalized spacial score (nSPS) is 21.5. The Labute approximate surface area is 187 Å². The number of carbonyl (C=O) groups excluding carboxylic acids is 5. The number of rotatable bonds is 7. The van der Waals surface area contributed by atoms with E-state index in [9.17, 15) is 33.2 Å². The zero-order chi connectivity index (χ0) is 24.1. The van der Waals surface area contributed by atoms with E-state index < -0.39 is 60.0 Å². The second kappa shape index (κ2) is 10.2. The van der Waals surface area contributed by atoms with Crippen LogP contribution in [-0.4, -0.2) is 75.7 Å². The average Bonchev–Trinajstić information content (AvgIpc) is 2.90. The number of nitrogens with one attached hydrogen (secondary N) is 2. The van der Waals surface area contributed by atoms with Crippen molar-refractivity contribution in [2.24, 2.45) is 0 Å². The van der Waals surface area contributed by atoms with Crippen molar-refractivity contribution in [2.45, 2.75) is 50.2 Å². The predicted octanol–water partition coefficient (Wildman–Crippen LogP) is -0.389. The lowest BCUT2D eigenvalue weighted by Crippen LogP contribution is -2.64. The molecule has 11 nitrogen and oxygen atoms in total. The van der Waals surface area contributed by atoms with Gasteiger partial charge in [0, 0.05) is 18.5 Å². The molecule has 2 aliphatic heterocycles. The first-order valence-electron chi connectivity index (χ1n) is 10.4. The SMILES string of the molecule is O=CC(CC(=O)O)NC(=O)C1CCCN2C(=O)CCC(NC(=O)c3cccc(F)c3)C(=O)N12. The summed E-state index contributed by atoms with van der Waals surface area (Å²) in [6, 6.07) is 1.27. The van der Waals surface area contributed by atoms with Gasteiger partial charge in [-0.3, -0.25) is 29.0 Å². The molecule has 2 aliphatic rings. The molecule has 2 saturated heterocycles. The van der Waals surface area contributed by atoms with Gasteiger partial charge in [0.05, 0.1) is 12.5 Å². The standard InChI is InChI=1S/C21H23FN4O7/c22-13-4-1-3-12(9-13)19(31)24-15-6-7-17(28)25-8-2-5-16(26(25)21(15)33)20(32)23-14(11-27)10-18(29)30/h1,3-4,9,11,14-16H,2,5-8,10H2,(H,23,32)(H,24,31)(H,29,30). The highest BCUT2D eigenvalue weighted by molar-refractivity contribution is 6.00. The fraction of sp³-hybridized carbons (Fsp3) is 0.429. The van der Waals surface area contributed by atoms with Gasteiger partial charge in [0.1, 0.15) is 24.2 Å². The summed E-state index contributed by atoms with van der Waals surface area (Å²) in [6.45, 7) is 0.186. The van der Waals surface area contributed by atoms with E-state index in [4.69, 9.17) is 5.11 Å². The highest BCUT2D eigenvalue weighted by Crippen LogP contribution is 2.25. The highest BCUT2D eigenvalue weighted by atomic mass is 19.1. The zero-order valence-corrected chi connectivity index (χ0v) is 17.5. The molecule has 3 rings (SSSR count). The van der Waals surface area contributed by atoms with E-state index >= 15 is 0 Å². The quantitative estimate of drug-likeness (QED) is 0.467. The van der Waals surface area contributed by atoms with Crippen molar-refractivity contribution in [3.8, 4) is 0 Å². The Morgan fingerprint density at radius 3 is 2.67 bits per heavy atom. The Morgan fingerprint density at radius 1 is 1.24 bits per heavy atom. The van der Waals surface area contributed by atoms with E-state index in [0.717, 1.165) is 22.2 Å². The molecule has 33 heavy (non-hydrogen) atoms. The Hall–Kier alpha value is -3.83. The molecule has 0 bridgehead atoms. The van der Waals surface area contributed by atoms with Crippen LogP contribution in [0.25, 0.3) is 0 Å². The van der Waals surface area contributed by atoms with E-state index in [-0.39, 0.29) is 37.7 Å². The fourth-order valence-corrected chi connectivity index (χ4v) is 3.88. The summed E-state index contributed by atoms with van der Waals surface area (Å²) >= 11 is 0. The first-order valence-corrected chi connectivity index (χ1v) is 10.4. The van der Waals surface area contributed by atoms with Crippen LogP contribution in [-0.2, 0) is 24.0 Å². The average molecular weight is 462 g/mol. The van der Waals surface area contributed by atoms with E-state index in [2.05, 4.69) is 10.6 Å². The molecule has 12 heteroatoms. The number of hydrogen-bond acceptors (Lipinski definition) is 6. The molecule has 1 aromatic carbocycles. The number of nitrogens with zero attached hydrogens (tertiary/aromatic N) is 2. The Bertz CT molecular complexity index is 985. The number of amides is 4. The van der Waals surface area contributed by atoms with Crippen molar-refractivity contribution in [1.82, 2.24) is 20.7 Å². The number of halogens is 1. The molecule has 176 valence electrons. The van der Waals surface area contributed by atoms with Crippen molar-refractivity contribution >= 4 is 35.9 Å². The summed E-state index contributed by atoms with van der Waals surface area (Å²) < 4.78 is 13.5. The number of hydrazine groups is 1. The lowest BCUT2D eigenvalue weighted by atomic mass is 10.0. The van der Waals surface area contributed by atoms with Gasteiger partial charge in [0.25, 0.3) is 11.8 Å². The van der Waals surface area contributed by atoms with Gasteiger partial charge in [-0.2, -0.15) is 0 Å². The van der Waals surface area contributed by atoms with Crippen LogP contribution in [0.15, 0.2) is 24.3 Å².